The van der Waals surface area contributed by atoms with Gasteiger partial charge in [0.2, 0.25) is 17.7 Å². The van der Waals surface area contributed by atoms with Gasteiger partial charge in [0.1, 0.15) is 18.1 Å². The Balaban J connectivity index is 2.75. The molecule has 0 aromatic rings. The molecule has 0 spiro atoms. The number of hydrogen-bond donors (Lipinski definition) is 4. The quantitative estimate of drug-likeness (QED) is 0.477. The zero-order valence-corrected chi connectivity index (χ0v) is 15.3. The maximum Gasteiger partial charge on any atom is 0.326 e. The second kappa shape index (κ2) is 9.39. The average Bonchev–Trinajstić information content (AvgIpc) is 2.91. The van der Waals surface area contributed by atoms with Gasteiger partial charge in [-0.15, -0.1) is 0 Å². The zero-order valence-electron chi connectivity index (χ0n) is 15.3. The van der Waals surface area contributed by atoms with Gasteiger partial charge in [-0.2, -0.15) is 0 Å². The number of nitrogens with one attached hydrogen (secondary N) is 3. The van der Waals surface area contributed by atoms with Gasteiger partial charge >= 0.3 is 5.97 Å². The smallest absolute Gasteiger partial charge is 0.326 e. The van der Waals surface area contributed by atoms with E-state index in [0.29, 0.717) is 19.3 Å². The first-order valence-electron chi connectivity index (χ1n) is 8.73. The molecule has 25 heavy (non-hydrogen) atoms. The van der Waals surface area contributed by atoms with Crippen molar-refractivity contribution in [1.29, 1.82) is 0 Å². The predicted octanol–water partition coefficient (Wildman–Crippen LogP) is 0.411. The van der Waals surface area contributed by atoms with Crippen molar-refractivity contribution in [1.82, 2.24) is 16.0 Å². The highest BCUT2D eigenvalue weighted by atomic mass is 16.4. The molecule has 0 saturated carbocycles. The molecule has 3 amide bonds. The highest BCUT2D eigenvalue weighted by Gasteiger charge is 2.32. The van der Waals surface area contributed by atoms with Crippen molar-refractivity contribution < 1.29 is 24.3 Å². The standard InChI is InChI=1S/C17H29N3O5/c1-9(2)7-12(19-15(22)11-5-6-14(21)18-11)16(23)20-13(17(24)25)8-10(3)4/h9-13H,5-8H2,1-4H3,(H,18,21)(H,19,22)(H,20,23)(H,24,25)/t11-,12+,13+/m1/s1. The summed E-state index contributed by atoms with van der Waals surface area (Å²) in [6.07, 6.45) is 1.37. The van der Waals surface area contributed by atoms with Crippen LogP contribution < -0.4 is 16.0 Å². The largest absolute Gasteiger partial charge is 0.480 e. The monoisotopic (exact) mass is 355 g/mol. The topological polar surface area (TPSA) is 125 Å². The number of aliphatic carboxylic acids is 1. The zero-order chi connectivity index (χ0) is 19.1. The molecule has 8 nitrogen and oxygen atoms in total. The van der Waals surface area contributed by atoms with E-state index in [1.54, 1.807) is 0 Å². The molecule has 1 heterocycles. The minimum Gasteiger partial charge on any atom is -0.480 e. The Labute approximate surface area is 148 Å². The average molecular weight is 355 g/mol. The van der Waals surface area contributed by atoms with E-state index in [9.17, 15) is 24.3 Å². The third kappa shape index (κ3) is 7.11. The van der Waals surface area contributed by atoms with Gasteiger partial charge < -0.3 is 21.1 Å². The predicted molar refractivity (Wildman–Crippen MR) is 91.6 cm³/mol. The summed E-state index contributed by atoms with van der Waals surface area (Å²) in [5.41, 5.74) is 0. The number of hydrogen-bond acceptors (Lipinski definition) is 4. The molecule has 0 unspecified atom stereocenters. The summed E-state index contributed by atoms with van der Waals surface area (Å²) in [6, 6.07) is -2.47. The second-order valence-corrected chi connectivity index (χ2v) is 7.38. The molecule has 0 bridgehead atoms. The third-order valence-corrected chi connectivity index (χ3v) is 3.97. The summed E-state index contributed by atoms with van der Waals surface area (Å²) in [4.78, 5) is 47.4. The Morgan fingerprint density at radius 3 is 2.08 bits per heavy atom. The van der Waals surface area contributed by atoms with Crippen LogP contribution in [-0.4, -0.2) is 46.9 Å². The van der Waals surface area contributed by atoms with E-state index >= 15 is 0 Å². The molecule has 0 aromatic heterocycles. The van der Waals surface area contributed by atoms with E-state index in [1.807, 2.05) is 27.7 Å². The molecule has 4 N–H and O–H groups in total. The summed E-state index contributed by atoms with van der Waals surface area (Å²) in [5, 5.41) is 17.0. The number of carboxylic acids is 1. The minimum atomic E-state index is -1.10. The van der Waals surface area contributed by atoms with Crippen LogP contribution in [0, 0.1) is 11.8 Å². The molecule has 0 radical (unpaired) electrons. The van der Waals surface area contributed by atoms with Crippen molar-refractivity contribution in [3.05, 3.63) is 0 Å². The Morgan fingerprint density at radius 2 is 1.64 bits per heavy atom. The summed E-state index contributed by atoms with van der Waals surface area (Å²) in [5.74, 6) is -1.98. The summed E-state index contributed by atoms with van der Waals surface area (Å²) >= 11 is 0. The molecule has 1 saturated heterocycles. The number of carboxylic acid groups (broad SMARTS) is 1. The molecule has 0 aliphatic carbocycles. The molecule has 1 aliphatic rings. The Hall–Kier alpha value is -2.12. The van der Waals surface area contributed by atoms with Crippen LogP contribution in [-0.2, 0) is 19.2 Å². The van der Waals surface area contributed by atoms with Crippen molar-refractivity contribution in [3.8, 4) is 0 Å². The van der Waals surface area contributed by atoms with E-state index < -0.39 is 35.9 Å². The fourth-order valence-corrected chi connectivity index (χ4v) is 2.75. The molecule has 0 aromatic carbocycles. The van der Waals surface area contributed by atoms with Crippen LogP contribution >= 0.6 is 0 Å². The normalized spacial score (nSPS) is 19.4. The Kier molecular flexibility index (Phi) is 7.86. The maximum atomic E-state index is 12.5. The lowest BCUT2D eigenvalue weighted by Gasteiger charge is -2.24. The van der Waals surface area contributed by atoms with Crippen LogP contribution in [0.15, 0.2) is 0 Å². The number of carbonyl (C=O) groups excluding carboxylic acids is 3. The van der Waals surface area contributed by atoms with Gasteiger partial charge in [-0.25, -0.2) is 4.79 Å². The van der Waals surface area contributed by atoms with Crippen molar-refractivity contribution in [3.63, 3.8) is 0 Å². The first-order chi connectivity index (χ1) is 11.6. The van der Waals surface area contributed by atoms with Crippen LogP contribution in [0.1, 0.15) is 53.4 Å². The van der Waals surface area contributed by atoms with Crippen LogP contribution in [0.2, 0.25) is 0 Å². The first-order valence-corrected chi connectivity index (χ1v) is 8.73. The minimum absolute atomic E-state index is 0.105. The second-order valence-electron chi connectivity index (χ2n) is 7.38. The molecular weight excluding hydrogens is 326 g/mol. The molecule has 8 heteroatoms. The van der Waals surface area contributed by atoms with E-state index in [4.69, 9.17) is 0 Å². The van der Waals surface area contributed by atoms with Crippen molar-refractivity contribution in [2.45, 2.75) is 71.5 Å². The lowest BCUT2D eigenvalue weighted by atomic mass is 10.00. The van der Waals surface area contributed by atoms with Gasteiger partial charge in [-0.1, -0.05) is 27.7 Å². The Morgan fingerprint density at radius 1 is 1.08 bits per heavy atom. The Bertz CT molecular complexity index is 518. The van der Waals surface area contributed by atoms with Crippen LogP contribution in [0.3, 0.4) is 0 Å². The molecule has 3 atom stereocenters. The first kappa shape index (κ1) is 20.9. The van der Waals surface area contributed by atoms with Gasteiger partial charge in [0.05, 0.1) is 0 Å². The van der Waals surface area contributed by atoms with Crippen molar-refractivity contribution in [2.75, 3.05) is 0 Å². The summed E-state index contributed by atoms with van der Waals surface area (Å²) < 4.78 is 0. The van der Waals surface area contributed by atoms with Crippen molar-refractivity contribution in [2.24, 2.45) is 11.8 Å². The van der Waals surface area contributed by atoms with Crippen LogP contribution in [0.5, 0.6) is 0 Å². The fourth-order valence-electron chi connectivity index (χ4n) is 2.75. The van der Waals surface area contributed by atoms with Gasteiger partial charge in [0.25, 0.3) is 0 Å². The third-order valence-electron chi connectivity index (χ3n) is 3.97. The molecular formula is C17H29N3O5. The van der Waals surface area contributed by atoms with E-state index in [-0.39, 0.29) is 24.2 Å². The maximum absolute atomic E-state index is 12.5. The highest BCUT2D eigenvalue weighted by molar-refractivity contribution is 5.94. The number of rotatable bonds is 9. The van der Waals surface area contributed by atoms with E-state index in [2.05, 4.69) is 16.0 Å². The van der Waals surface area contributed by atoms with Crippen LogP contribution in [0.4, 0.5) is 0 Å². The number of amides is 3. The lowest BCUT2D eigenvalue weighted by Crippen LogP contribution is -2.55. The van der Waals surface area contributed by atoms with Crippen LogP contribution in [0.25, 0.3) is 0 Å². The van der Waals surface area contributed by atoms with Gasteiger partial charge in [0.15, 0.2) is 0 Å². The lowest BCUT2D eigenvalue weighted by molar-refractivity contribution is -0.142. The molecule has 142 valence electrons. The molecule has 1 aliphatic heterocycles. The van der Waals surface area contributed by atoms with Crippen molar-refractivity contribution >= 4 is 23.7 Å². The SMILES string of the molecule is CC(C)C[C@H](NC(=O)[C@H](CC(C)C)NC(=O)[C@H]1CCC(=O)N1)C(=O)O. The summed E-state index contributed by atoms with van der Waals surface area (Å²) in [7, 11) is 0. The molecule has 1 rings (SSSR count). The molecule has 1 fully saturated rings. The van der Waals surface area contributed by atoms with E-state index in [0.717, 1.165) is 0 Å². The fraction of sp³-hybridized carbons (Fsp3) is 0.765. The van der Waals surface area contributed by atoms with E-state index in [1.165, 1.54) is 0 Å². The number of carbonyl (C=O) groups is 4. The van der Waals surface area contributed by atoms with Gasteiger partial charge in [0, 0.05) is 6.42 Å². The van der Waals surface area contributed by atoms with Gasteiger partial charge in [-0.05, 0) is 31.1 Å². The summed E-state index contributed by atoms with van der Waals surface area (Å²) in [6.45, 7) is 7.57. The van der Waals surface area contributed by atoms with Gasteiger partial charge in [-0.3, -0.25) is 14.4 Å². The highest BCUT2D eigenvalue weighted by Crippen LogP contribution is 2.11.